The zero-order valence-electron chi connectivity index (χ0n) is 20.0. The van der Waals surface area contributed by atoms with Crippen LogP contribution in [0.3, 0.4) is 0 Å². The molecule has 0 N–H and O–H groups in total. The molecule has 0 saturated carbocycles. The number of ether oxygens (including phenoxy) is 1. The highest BCUT2D eigenvalue weighted by Gasteiger charge is 2.37. The van der Waals surface area contributed by atoms with Crippen LogP contribution in [0.1, 0.15) is 19.3 Å². The number of aromatic nitrogens is 2. The van der Waals surface area contributed by atoms with E-state index in [9.17, 15) is 4.39 Å². The molecule has 0 bridgehead atoms. The summed E-state index contributed by atoms with van der Waals surface area (Å²) in [7, 11) is 3.71. The summed E-state index contributed by atoms with van der Waals surface area (Å²) in [6.45, 7) is 6.43. The van der Waals surface area contributed by atoms with Gasteiger partial charge in [-0.25, -0.2) is 14.4 Å². The van der Waals surface area contributed by atoms with Crippen molar-refractivity contribution in [3.8, 4) is 17.0 Å². The lowest BCUT2D eigenvalue weighted by Crippen LogP contribution is -2.37. The van der Waals surface area contributed by atoms with E-state index in [1.54, 1.807) is 12.1 Å². The van der Waals surface area contributed by atoms with Crippen LogP contribution in [0.5, 0.6) is 5.75 Å². The zero-order chi connectivity index (χ0) is 23.2. The fraction of sp³-hybridized carbons (Fsp3) is 0.481. The number of nitrogens with zero attached hydrogens (tertiary/aromatic N) is 5. The first-order valence-electron chi connectivity index (χ1n) is 12.4. The lowest BCUT2D eigenvalue weighted by Gasteiger charge is -2.31. The van der Waals surface area contributed by atoms with Gasteiger partial charge >= 0.3 is 0 Å². The number of fused-ring (bicyclic) bond motifs is 2. The van der Waals surface area contributed by atoms with Gasteiger partial charge in [-0.05, 0) is 69.0 Å². The maximum Gasteiger partial charge on any atom is 0.165 e. The van der Waals surface area contributed by atoms with Crippen LogP contribution >= 0.6 is 0 Å². The topological polar surface area (TPSA) is 44.7 Å². The number of pyridine rings is 2. The predicted molar refractivity (Wildman–Crippen MR) is 134 cm³/mol. The van der Waals surface area contributed by atoms with Crippen LogP contribution in [0.4, 0.5) is 15.9 Å². The van der Waals surface area contributed by atoms with Crippen molar-refractivity contribution in [1.29, 1.82) is 0 Å². The van der Waals surface area contributed by atoms with Crippen molar-refractivity contribution in [3.05, 3.63) is 42.3 Å². The molecule has 3 aliphatic rings. The van der Waals surface area contributed by atoms with Crippen molar-refractivity contribution in [3.63, 3.8) is 0 Å². The van der Waals surface area contributed by atoms with E-state index >= 15 is 0 Å². The van der Waals surface area contributed by atoms with E-state index < -0.39 is 0 Å². The number of hydrogen-bond acceptors (Lipinski definition) is 6. The lowest BCUT2D eigenvalue weighted by atomic mass is 9.89. The van der Waals surface area contributed by atoms with Gasteiger partial charge in [-0.15, -0.1) is 0 Å². The van der Waals surface area contributed by atoms with Gasteiger partial charge in [-0.3, -0.25) is 0 Å². The van der Waals surface area contributed by atoms with Gasteiger partial charge in [0.25, 0.3) is 0 Å². The van der Waals surface area contributed by atoms with Gasteiger partial charge in [0, 0.05) is 61.6 Å². The third-order valence-electron chi connectivity index (χ3n) is 7.88. The van der Waals surface area contributed by atoms with Gasteiger partial charge in [0.15, 0.2) is 11.6 Å². The second-order valence-corrected chi connectivity index (χ2v) is 10.1. The third kappa shape index (κ3) is 3.86. The van der Waals surface area contributed by atoms with E-state index in [1.165, 1.54) is 26.4 Å². The molecule has 5 heterocycles. The Morgan fingerprint density at radius 2 is 1.79 bits per heavy atom. The Kier molecular flexibility index (Phi) is 5.52. The van der Waals surface area contributed by atoms with Gasteiger partial charge in [-0.2, -0.15) is 0 Å². The minimum Gasteiger partial charge on any atom is -0.494 e. The van der Waals surface area contributed by atoms with Gasteiger partial charge < -0.3 is 19.4 Å². The van der Waals surface area contributed by atoms with E-state index in [-0.39, 0.29) is 11.6 Å². The smallest absolute Gasteiger partial charge is 0.165 e. The van der Waals surface area contributed by atoms with Crippen molar-refractivity contribution < 1.29 is 9.13 Å². The van der Waals surface area contributed by atoms with Crippen LogP contribution < -0.4 is 14.5 Å². The summed E-state index contributed by atoms with van der Waals surface area (Å²) in [6, 6.07) is 9.64. The molecule has 2 unspecified atom stereocenters. The molecule has 2 atom stereocenters. The molecule has 1 aromatic carbocycles. The Morgan fingerprint density at radius 1 is 0.971 bits per heavy atom. The fourth-order valence-electron chi connectivity index (χ4n) is 5.99. The molecular weight excluding hydrogens is 429 g/mol. The predicted octanol–water partition coefficient (Wildman–Crippen LogP) is 4.43. The molecule has 3 saturated heterocycles. The average molecular weight is 462 g/mol. The van der Waals surface area contributed by atoms with Crippen LogP contribution in [0, 0.1) is 17.7 Å². The third-order valence-corrected chi connectivity index (χ3v) is 7.88. The molecule has 6 rings (SSSR count). The van der Waals surface area contributed by atoms with Crippen LogP contribution in [0.15, 0.2) is 36.5 Å². The molecule has 3 fully saturated rings. The van der Waals surface area contributed by atoms with E-state index in [4.69, 9.17) is 14.7 Å². The van der Waals surface area contributed by atoms with Crippen LogP contribution in [0.2, 0.25) is 0 Å². The first kappa shape index (κ1) is 21.6. The monoisotopic (exact) mass is 461 g/mol. The van der Waals surface area contributed by atoms with Crippen LogP contribution in [-0.4, -0.2) is 68.3 Å². The lowest BCUT2D eigenvalue weighted by molar-refractivity contribution is 0.178. The van der Waals surface area contributed by atoms with Crippen molar-refractivity contribution in [2.24, 2.45) is 11.8 Å². The van der Waals surface area contributed by atoms with Gasteiger partial charge in [-0.1, -0.05) is 0 Å². The number of anilines is 2. The normalized spacial score (nSPS) is 23.0. The molecule has 178 valence electrons. The van der Waals surface area contributed by atoms with Crippen molar-refractivity contribution in [1.82, 2.24) is 14.9 Å². The number of rotatable bonds is 4. The van der Waals surface area contributed by atoms with E-state index in [2.05, 4.69) is 39.9 Å². The van der Waals surface area contributed by atoms with Crippen molar-refractivity contribution >= 4 is 22.4 Å². The minimum atomic E-state index is -0.348. The quantitative estimate of drug-likeness (QED) is 0.573. The highest BCUT2D eigenvalue weighted by molar-refractivity contribution is 5.95. The van der Waals surface area contributed by atoms with Gasteiger partial charge in [0.1, 0.15) is 5.82 Å². The molecule has 0 aliphatic carbocycles. The molecule has 3 aliphatic heterocycles. The molecule has 6 nitrogen and oxygen atoms in total. The fourth-order valence-corrected chi connectivity index (χ4v) is 5.99. The first-order chi connectivity index (χ1) is 16.6. The number of piperidine rings is 1. The second-order valence-electron chi connectivity index (χ2n) is 10.1. The maximum absolute atomic E-state index is 14.8. The summed E-state index contributed by atoms with van der Waals surface area (Å²) in [5.41, 5.74) is 3.65. The summed E-state index contributed by atoms with van der Waals surface area (Å²) in [4.78, 5) is 16.9. The van der Waals surface area contributed by atoms with Crippen molar-refractivity contribution in [2.75, 3.05) is 63.2 Å². The number of benzene rings is 1. The average Bonchev–Trinajstić information content (AvgIpc) is 3.53. The summed E-state index contributed by atoms with van der Waals surface area (Å²) >= 11 is 0. The molecule has 0 radical (unpaired) electrons. The highest BCUT2D eigenvalue weighted by atomic mass is 19.1. The van der Waals surface area contributed by atoms with Gasteiger partial charge in [0.05, 0.1) is 18.3 Å². The summed E-state index contributed by atoms with van der Waals surface area (Å²) in [6.07, 6.45) is 5.60. The number of methoxy groups -OCH3 is 1. The molecule has 0 spiro atoms. The summed E-state index contributed by atoms with van der Waals surface area (Å²) < 4.78 is 20.0. The number of likely N-dealkylation sites (tertiary alicyclic amines) is 1. The van der Waals surface area contributed by atoms with Crippen molar-refractivity contribution in [2.45, 2.75) is 19.3 Å². The minimum absolute atomic E-state index is 0.224. The van der Waals surface area contributed by atoms with E-state index in [1.807, 2.05) is 6.20 Å². The van der Waals surface area contributed by atoms with E-state index in [0.29, 0.717) is 11.8 Å². The molecule has 7 heteroatoms. The Bertz CT molecular complexity index is 1190. The molecule has 3 aromatic rings. The SMILES string of the molecule is COc1cc2nc(-c3ccc(N4CCCC4)nc3)cc(N3CC4CCN(C)CC4C3)c2cc1F. The Morgan fingerprint density at radius 3 is 2.56 bits per heavy atom. The Balaban J connectivity index is 1.41. The Hall–Kier alpha value is -2.93. The summed E-state index contributed by atoms with van der Waals surface area (Å²) in [5.74, 6) is 2.24. The maximum atomic E-state index is 14.8. The van der Waals surface area contributed by atoms with Crippen LogP contribution in [-0.2, 0) is 0 Å². The second kappa shape index (κ2) is 8.69. The molecule has 2 aromatic heterocycles. The molecule has 0 amide bonds. The largest absolute Gasteiger partial charge is 0.494 e. The molecular formula is C27H32FN5O. The van der Waals surface area contributed by atoms with E-state index in [0.717, 1.165) is 72.9 Å². The zero-order valence-corrected chi connectivity index (χ0v) is 20.0. The molecule has 34 heavy (non-hydrogen) atoms. The van der Waals surface area contributed by atoms with Gasteiger partial charge in [0.2, 0.25) is 0 Å². The highest BCUT2D eigenvalue weighted by Crippen LogP contribution is 2.39. The standard InChI is InChI=1S/C27H32FN5O/c1-31-10-7-19-16-33(17-20(19)15-31)25-12-23(30-24-13-26(34-2)22(28)11-21(24)25)18-5-6-27(29-14-18)32-8-3-4-9-32/h5-6,11-14,19-20H,3-4,7-10,15-17H2,1-2H3. The van der Waals surface area contributed by atoms with Crippen LogP contribution in [0.25, 0.3) is 22.2 Å². The first-order valence-corrected chi connectivity index (χ1v) is 12.4. The number of hydrogen-bond donors (Lipinski definition) is 0. The summed E-state index contributed by atoms with van der Waals surface area (Å²) in [5, 5.41) is 0.843. The number of halogens is 1. The Labute approximate surface area is 200 Å².